The van der Waals surface area contributed by atoms with Gasteiger partial charge in [0.05, 0.1) is 0 Å². The van der Waals surface area contributed by atoms with Crippen LogP contribution in [0.25, 0.3) is 0 Å². The second-order valence-corrected chi connectivity index (χ2v) is 24.1. The zero-order valence-electron chi connectivity index (χ0n) is 54.3. The van der Waals surface area contributed by atoms with Crippen molar-refractivity contribution in [2.24, 2.45) is 0 Å². The Labute approximate surface area is 504 Å². The monoisotopic (exact) mass is 1130 g/mol. The summed E-state index contributed by atoms with van der Waals surface area (Å²) in [6.45, 7) is 6.57. The maximum absolute atomic E-state index is 13.0. The van der Waals surface area contributed by atoms with E-state index in [-0.39, 0.29) is 31.1 Å². The maximum Gasteiger partial charge on any atom is 0.306 e. The second kappa shape index (κ2) is 69.6. The van der Waals surface area contributed by atoms with Gasteiger partial charge < -0.3 is 14.2 Å². The van der Waals surface area contributed by atoms with Gasteiger partial charge in [0.2, 0.25) is 0 Å². The number of carbonyl (C=O) groups excluding carboxylic acids is 3. The first-order valence-electron chi connectivity index (χ1n) is 35.8. The third-order valence-corrected chi connectivity index (χ3v) is 16.0. The summed E-state index contributed by atoms with van der Waals surface area (Å²) in [5, 5.41) is 0. The van der Waals surface area contributed by atoms with E-state index in [0.29, 0.717) is 19.3 Å². The summed E-state index contributed by atoms with van der Waals surface area (Å²) in [7, 11) is 0. The van der Waals surface area contributed by atoms with E-state index in [1.165, 1.54) is 250 Å². The number of rotatable bonds is 66. The molecule has 0 saturated heterocycles. The lowest BCUT2D eigenvalue weighted by molar-refractivity contribution is -0.167. The fraction of sp³-hybridized carbons (Fsp3) is 0.827. The number of ether oxygens (including phenoxy) is 3. The Balaban J connectivity index is 4.24. The van der Waals surface area contributed by atoms with Gasteiger partial charge in [0.15, 0.2) is 6.10 Å². The van der Waals surface area contributed by atoms with Gasteiger partial charge in [-0.15, -0.1) is 0 Å². The Morgan fingerprint density at radius 1 is 0.259 bits per heavy atom. The first-order chi connectivity index (χ1) is 40.0. The van der Waals surface area contributed by atoms with Gasteiger partial charge in [-0.3, -0.25) is 14.4 Å². The van der Waals surface area contributed by atoms with Gasteiger partial charge in [0.25, 0.3) is 0 Å². The third-order valence-electron chi connectivity index (χ3n) is 16.0. The fourth-order valence-electron chi connectivity index (χ4n) is 10.7. The molecule has 0 saturated carbocycles. The molecule has 0 aromatic heterocycles. The highest BCUT2D eigenvalue weighted by Gasteiger charge is 2.19. The zero-order chi connectivity index (χ0) is 58.5. The molecule has 0 aliphatic carbocycles. The molecule has 0 aromatic carbocycles. The van der Waals surface area contributed by atoms with Gasteiger partial charge in [-0.1, -0.05) is 338 Å². The summed E-state index contributed by atoms with van der Waals surface area (Å²) in [6, 6.07) is 0. The topological polar surface area (TPSA) is 78.9 Å². The molecule has 6 nitrogen and oxygen atoms in total. The SMILES string of the molecule is CC/C=C\C/C=C\C/C=C\C/C=C\CCCCCCCCCCCCCCC(=O)OCC(COC(=O)CCCCCCC/C=C\CCCCCC)OC(=O)CCCCCCCCCCCCCCCCCCCCCCCCCCC. The standard InChI is InChI=1S/C75H136O6/c1-4-7-10-13-16-19-22-25-27-29-31-33-35-37-39-41-43-45-47-50-53-56-59-62-65-68-74(77)80-71-72(70-79-73(76)67-64-61-58-55-52-49-24-21-18-15-12-9-6-3)81-75(78)69-66-63-60-57-54-51-48-46-44-42-40-38-36-34-32-30-28-26-23-20-17-14-11-8-5-2/h7,10,16,19,21,24-25,27,31,33,72H,4-6,8-9,11-15,17-18,20,22-23,26,28-30,32,34-71H2,1-3H3/b10-7-,19-16-,24-21-,27-25-,33-31-. The molecule has 0 N–H and O–H groups in total. The number of hydrogen-bond donors (Lipinski definition) is 0. The zero-order valence-corrected chi connectivity index (χ0v) is 54.3. The van der Waals surface area contributed by atoms with Gasteiger partial charge >= 0.3 is 17.9 Å². The van der Waals surface area contributed by atoms with Crippen molar-refractivity contribution in [3.8, 4) is 0 Å². The first-order valence-corrected chi connectivity index (χ1v) is 35.8. The molecule has 0 aliphatic rings. The van der Waals surface area contributed by atoms with Crippen molar-refractivity contribution < 1.29 is 28.6 Å². The normalized spacial score (nSPS) is 12.4. The van der Waals surface area contributed by atoms with Crippen LogP contribution in [-0.4, -0.2) is 37.2 Å². The minimum Gasteiger partial charge on any atom is -0.462 e. The van der Waals surface area contributed by atoms with E-state index in [4.69, 9.17) is 14.2 Å². The summed E-state index contributed by atoms with van der Waals surface area (Å²) in [4.78, 5) is 38.4. The number of carbonyl (C=O) groups is 3. The Morgan fingerprint density at radius 2 is 0.481 bits per heavy atom. The maximum atomic E-state index is 13.0. The molecule has 0 amide bonds. The van der Waals surface area contributed by atoms with Crippen LogP contribution in [0.3, 0.4) is 0 Å². The van der Waals surface area contributed by atoms with Crippen LogP contribution < -0.4 is 0 Å². The minimum atomic E-state index is -0.777. The molecule has 472 valence electrons. The molecule has 0 radical (unpaired) electrons. The number of hydrogen-bond acceptors (Lipinski definition) is 6. The van der Waals surface area contributed by atoms with Crippen molar-refractivity contribution in [3.05, 3.63) is 60.8 Å². The van der Waals surface area contributed by atoms with Crippen LogP contribution in [0.15, 0.2) is 60.8 Å². The number of esters is 3. The van der Waals surface area contributed by atoms with E-state index in [1.54, 1.807) is 0 Å². The van der Waals surface area contributed by atoms with E-state index < -0.39 is 6.10 Å². The van der Waals surface area contributed by atoms with Crippen molar-refractivity contribution in [2.75, 3.05) is 13.2 Å². The van der Waals surface area contributed by atoms with Gasteiger partial charge in [-0.05, 0) is 83.5 Å². The molecule has 0 fully saturated rings. The molecule has 0 aliphatic heterocycles. The van der Waals surface area contributed by atoms with Crippen molar-refractivity contribution in [1.82, 2.24) is 0 Å². The van der Waals surface area contributed by atoms with Crippen molar-refractivity contribution >= 4 is 17.9 Å². The largest absolute Gasteiger partial charge is 0.462 e. The Bertz CT molecular complexity index is 1440. The van der Waals surface area contributed by atoms with Crippen LogP contribution in [0.1, 0.15) is 380 Å². The van der Waals surface area contributed by atoms with Gasteiger partial charge in [0, 0.05) is 19.3 Å². The molecule has 0 rings (SSSR count). The smallest absolute Gasteiger partial charge is 0.306 e. The van der Waals surface area contributed by atoms with Crippen LogP contribution >= 0.6 is 0 Å². The van der Waals surface area contributed by atoms with Crippen molar-refractivity contribution in [1.29, 1.82) is 0 Å². The summed E-state index contributed by atoms with van der Waals surface area (Å²) < 4.78 is 17.0. The van der Waals surface area contributed by atoms with Gasteiger partial charge in [-0.2, -0.15) is 0 Å². The van der Waals surface area contributed by atoms with Crippen molar-refractivity contribution in [2.45, 2.75) is 386 Å². The summed E-state index contributed by atoms with van der Waals surface area (Å²) in [5.41, 5.74) is 0. The fourth-order valence-corrected chi connectivity index (χ4v) is 10.7. The lowest BCUT2D eigenvalue weighted by atomic mass is 10.0. The molecule has 6 heteroatoms. The minimum absolute atomic E-state index is 0.0736. The highest BCUT2D eigenvalue weighted by Crippen LogP contribution is 2.18. The van der Waals surface area contributed by atoms with Crippen LogP contribution in [0.2, 0.25) is 0 Å². The first kappa shape index (κ1) is 78.1. The van der Waals surface area contributed by atoms with E-state index >= 15 is 0 Å². The van der Waals surface area contributed by atoms with Crippen LogP contribution in [0, 0.1) is 0 Å². The highest BCUT2D eigenvalue weighted by molar-refractivity contribution is 5.71. The molecular formula is C75H136O6. The quantitative estimate of drug-likeness (QED) is 0.0261. The van der Waals surface area contributed by atoms with E-state index in [1.807, 2.05) is 0 Å². The summed E-state index contributed by atoms with van der Waals surface area (Å²) in [6.07, 6.45) is 89.7. The average molecular weight is 1130 g/mol. The second-order valence-electron chi connectivity index (χ2n) is 24.1. The van der Waals surface area contributed by atoms with Crippen LogP contribution in [-0.2, 0) is 28.6 Å². The molecule has 0 aromatic rings. The molecular weight excluding hydrogens is 997 g/mol. The Hall–Kier alpha value is -2.89. The molecule has 1 unspecified atom stereocenters. The molecule has 0 bridgehead atoms. The highest BCUT2D eigenvalue weighted by atomic mass is 16.6. The predicted octanol–water partition coefficient (Wildman–Crippen LogP) is 24.7. The lowest BCUT2D eigenvalue weighted by Gasteiger charge is -2.18. The summed E-state index contributed by atoms with van der Waals surface area (Å²) >= 11 is 0. The molecule has 81 heavy (non-hydrogen) atoms. The Kier molecular flexibility index (Phi) is 67.1. The van der Waals surface area contributed by atoms with Crippen molar-refractivity contribution in [3.63, 3.8) is 0 Å². The Morgan fingerprint density at radius 3 is 0.778 bits per heavy atom. The molecule has 0 spiro atoms. The van der Waals surface area contributed by atoms with E-state index in [9.17, 15) is 14.4 Å². The lowest BCUT2D eigenvalue weighted by Crippen LogP contribution is -2.30. The molecule has 0 heterocycles. The van der Waals surface area contributed by atoms with Gasteiger partial charge in [-0.25, -0.2) is 0 Å². The summed E-state index contributed by atoms with van der Waals surface area (Å²) in [5.74, 6) is -0.859. The molecule has 1 atom stereocenters. The number of allylic oxidation sites excluding steroid dienone is 10. The third kappa shape index (κ3) is 67.8. The van der Waals surface area contributed by atoms with Gasteiger partial charge in [0.1, 0.15) is 13.2 Å². The van der Waals surface area contributed by atoms with Crippen LogP contribution in [0.4, 0.5) is 0 Å². The van der Waals surface area contributed by atoms with E-state index in [2.05, 4.69) is 81.5 Å². The van der Waals surface area contributed by atoms with Crippen LogP contribution in [0.5, 0.6) is 0 Å². The predicted molar refractivity (Wildman–Crippen MR) is 353 cm³/mol. The average Bonchev–Trinajstić information content (AvgIpc) is 3.46. The van der Waals surface area contributed by atoms with E-state index in [0.717, 1.165) is 89.9 Å². The number of unbranched alkanes of at least 4 members (excludes halogenated alkanes) is 45.